The number of ether oxygens (including phenoxy) is 1. The highest BCUT2D eigenvalue weighted by atomic mass is 16.5. The van der Waals surface area contributed by atoms with Crippen LogP contribution in [0.15, 0.2) is 53.3 Å². The summed E-state index contributed by atoms with van der Waals surface area (Å²) in [4.78, 5) is 19.2. The predicted molar refractivity (Wildman–Crippen MR) is 106 cm³/mol. The van der Waals surface area contributed by atoms with Crippen LogP contribution in [-0.2, 0) is 4.79 Å². The molecule has 0 saturated carbocycles. The minimum absolute atomic E-state index is 0.0156. The number of nitrogens with two attached hydrogens (primary N) is 1. The maximum absolute atomic E-state index is 13.3. The quantitative estimate of drug-likeness (QED) is 0.826. The van der Waals surface area contributed by atoms with Gasteiger partial charge in [0.15, 0.2) is 5.78 Å². The summed E-state index contributed by atoms with van der Waals surface area (Å²) in [6.07, 6.45) is 2.41. The Labute approximate surface area is 168 Å². The van der Waals surface area contributed by atoms with E-state index in [9.17, 15) is 10.1 Å². The van der Waals surface area contributed by atoms with Crippen LogP contribution in [0.2, 0.25) is 0 Å². The van der Waals surface area contributed by atoms with E-state index < -0.39 is 5.92 Å². The Balaban J connectivity index is 1.96. The number of carbonyl (C=O) groups excluding carboxylic acids is 1. The van der Waals surface area contributed by atoms with Crippen LogP contribution in [0.25, 0.3) is 0 Å². The van der Waals surface area contributed by atoms with Crippen molar-refractivity contribution < 1.29 is 9.53 Å². The van der Waals surface area contributed by atoms with Gasteiger partial charge in [0.05, 0.1) is 24.7 Å². The molecule has 1 atom stereocenters. The first kappa shape index (κ1) is 18.7. The molecule has 4 rings (SSSR count). The molecule has 0 saturated heterocycles. The normalized spacial score (nSPS) is 21.1. The minimum Gasteiger partial charge on any atom is -0.497 e. The highest BCUT2D eigenvalue weighted by Gasteiger charge is 2.45. The third-order valence-corrected chi connectivity index (χ3v) is 5.44. The van der Waals surface area contributed by atoms with E-state index >= 15 is 0 Å². The van der Waals surface area contributed by atoms with Crippen molar-refractivity contribution in [2.75, 3.05) is 12.0 Å². The van der Waals surface area contributed by atoms with Gasteiger partial charge in [0.1, 0.15) is 17.9 Å². The second-order valence-electron chi connectivity index (χ2n) is 8.06. The number of allylic oxidation sites excluding steroid dienone is 3. The lowest BCUT2D eigenvalue weighted by molar-refractivity contribution is -0.118. The summed E-state index contributed by atoms with van der Waals surface area (Å²) in [5, 5.41) is 16.7. The van der Waals surface area contributed by atoms with Crippen molar-refractivity contribution in [1.29, 1.82) is 5.26 Å². The summed E-state index contributed by atoms with van der Waals surface area (Å²) in [7, 11) is 1.59. The number of nitrogens with zero attached hydrogens (tertiary/aromatic N) is 4. The van der Waals surface area contributed by atoms with Gasteiger partial charge in [-0.15, -0.1) is 0 Å². The number of nitrogens with one attached hydrogen (secondary N) is 1. The van der Waals surface area contributed by atoms with Crippen molar-refractivity contribution in [1.82, 2.24) is 15.2 Å². The lowest BCUT2D eigenvalue weighted by atomic mass is 9.68. The lowest BCUT2D eigenvalue weighted by Crippen LogP contribution is -2.42. The summed E-state index contributed by atoms with van der Waals surface area (Å²) in [6.45, 7) is 4.10. The van der Waals surface area contributed by atoms with Crippen LogP contribution in [-0.4, -0.2) is 28.1 Å². The molecule has 29 heavy (non-hydrogen) atoms. The zero-order valence-electron chi connectivity index (χ0n) is 16.6. The number of benzene rings is 1. The van der Waals surface area contributed by atoms with Gasteiger partial charge in [-0.05, 0) is 29.5 Å². The number of Topliss-reactive ketones (excluding diaryl/α,β-unsaturated/α-hetero) is 1. The highest BCUT2D eigenvalue weighted by Crippen LogP contribution is 2.49. The van der Waals surface area contributed by atoms with Crippen molar-refractivity contribution in [3.8, 4) is 11.8 Å². The third kappa shape index (κ3) is 3.05. The molecule has 8 nitrogen and oxygen atoms in total. The van der Waals surface area contributed by atoms with Crippen LogP contribution in [0.3, 0.4) is 0 Å². The highest BCUT2D eigenvalue weighted by molar-refractivity contribution is 6.01. The van der Waals surface area contributed by atoms with Crippen LogP contribution >= 0.6 is 0 Å². The molecule has 0 fully saturated rings. The summed E-state index contributed by atoms with van der Waals surface area (Å²) in [5.41, 5.74) is 8.74. The van der Waals surface area contributed by atoms with E-state index in [1.807, 2.05) is 24.3 Å². The molecule has 0 unspecified atom stereocenters. The Hall–Kier alpha value is -3.60. The molecule has 0 radical (unpaired) electrons. The van der Waals surface area contributed by atoms with E-state index in [1.54, 1.807) is 12.0 Å². The first-order valence-corrected chi connectivity index (χ1v) is 9.31. The molecule has 1 aliphatic carbocycles. The zero-order valence-corrected chi connectivity index (χ0v) is 16.6. The van der Waals surface area contributed by atoms with Gasteiger partial charge in [-0.3, -0.25) is 9.69 Å². The Morgan fingerprint density at radius 3 is 2.62 bits per heavy atom. The topological polar surface area (TPSA) is 121 Å². The van der Waals surface area contributed by atoms with Crippen LogP contribution in [0.4, 0.5) is 5.95 Å². The second-order valence-corrected chi connectivity index (χ2v) is 8.06. The van der Waals surface area contributed by atoms with Crippen molar-refractivity contribution in [3.63, 3.8) is 0 Å². The maximum Gasteiger partial charge on any atom is 0.231 e. The molecule has 1 aromatic carbocycles. The van der Waals surface area contributed by atoms with Crippen molar-refractivity contribution >= 4 is 11.7 Å². The largest absolute Gasteiger partial charge is 0.497 e. The van der Waals surface area contributed by atoms with Gasteiger partial charge in [0.25, 0.3) is 0 Å². The molecule has 1 aromatic heterocycles. The van der Waals surface area contributed by atoms with E-state index in [4.69, 9.17) is 10.5 Å². The van der Waals surface area contributed by atoms with E-state index in [2.05, 4.69) is 35.1 Å². The standard InChI is InChI=1S/C21H22N6O2/c1-21(2)8-15-18(16(28)9-21)17(12-4-6-13(29-3)7-5-12)14(10-22)19(23)27(15)20-24-11-25-26-20/h4-7,11,17H,8-9,23H2,1-3H3,(H,24,25,26)/t17-/m1/s1. The van der Waals surface area contributed by atoms with Gasteiger partial charge in [-0.25, -0.2) is 5.10 Å². The van der Waals surface area contributed by atoms with Crippen LogP contribution in [0.1, 0.15) is 38.2 Å². The number of nitriles is 1. The van der Waals surface area contributed by atoms with Crippen LogP contribution in [0, 0.1) is 16.7 Å². The maximum atomic E-state index is 13.3. The number of aromatic nitrogens is 3. The monoisotopic (exact) mass is 390 g/mol. The average Bonchev–Trinajstić information content (AvgIpc) is 3.20. The lowest BCUT2D eigenvalue weighted by Gasteiger charge is -2.42. The minimum atomic E-state index is -0.524. The molecule has 3 N–H and O–H groups in total. The van der Waals surface area contributed by atoms with Gasteiger partial charge in [-0.1, -0.05) is 26.0 Å². The first-order valence-electron chi connectivity index (χ1n) is 9.31. The fourth-order valence-electron chi connectivity index (χ4n) is 4.19. The zero-order chi connectivity index (χ0) is 20.8. The number of aromatic amines is 1. The molecular formula is C21H22N6O2. The SMILES string of the molecule is COc1ccc([C@@H]2C(C#N)=C(N)N(c3ncn[nH]3)C3=C2C(=O)CC(C)(C)C3)cc1. The summed E-state index contributed by atoms with van der Waals surface area (Å²) >= 11 is 0. The average molecular weight is 390 g/mol. The van der Waals surface area contributed by atoms with E-state index in [0.717, 1.165) is 11.3 Å². The Kier molecular flexibility index (Phi) is 4.38. The number of hydrogen-bond acceptors (Lipinski definition) is 7. The second kappa shape index (κ2) is 6.78. The molecule has 148 valence electrons. The van der Waals surface area contributed by atoms with Gasteiger partial charge < -0.3 is 10.5 Å². The smallest absolute Gasteiger partial charge is 0.231 e. The van der Waals surface area contributed by atoms with Gasteiger partial charge in [-0.2, -0.15) is 15.3 Å². The fourth-order valence-corrected chi connectivity index (χ4v) is 4.19. The molecular weight excluding hydrogens is 368 g/mol. The first-order chi connectivity index (χ1) is 13.9. The number of ketones is 1. The summed E-state index contributed by atoms with van der Waals surface area (Å²) < 4.78 is 5.24. The molecule has 1 aliphatic heterocycles. The molecule has 0 spiro atoms. The molecule has 0 amide bonds. The molecule has 2 heterocycles. The van der Waals surface area contributed by atoms with E-state index in [0.29, 0.717) is 35.7 Å². The van der Waals surface area contributed by atoms with Gasteiger partial charge in [0, 0.05) is 17.7 Å². The molecule has 2 aliphatic rings. The van der Waals surface area contributed by atoms with Crippen LogP contribution in [0.5, 0.6) is 5.75 Å². The van der Waals surface area contributed by atoms with Crippen molar-refractivity contribution in [3.05, 3.63) is 58.8 Å². The number of carbonyl (C=O) groups is 1. The summed E-state index contributed by atoms with van der Waals surface area (Å²) in [5.74, 6) is 0.842. The Morgan fingerprint density at radius 1 is 1.31 bits per heavy atom. The number of rotatable bonds is 3. The number of anilines is 1. The number of methoxy groups -OCH3 is 1. The number of hydrogen-bond donors (Lipinski definition) is 2. The van der Waals surface area contributed by atoms with E-state index in [-0.39, 0.29) is 17.0 Å². The molecule has 0 bridgehead atoms. The van der Waals surface area contributed by atoms with Crippen LogP contribution < -0.4 is 15.4 Å². The number of H-pyrrole nitrogens is 1. The third-order valence-electron chi connectivity index (χ3n) is 5.44. The fraction of sp³-hybridized carbons (Fsp3) is 0.333. The van der Waals surface area contributed by atoms with Crippen molar-refractivity contribution in [2.45, 2.75) is 32.6 Å². The molecule has 8 heteroatoms. The Bertz CT molecular complexity index is 1060. The van der Waals surface area contributed by atoms with Crippen molar-refractivity contribution in [2.24, 2.45) is 11.1 Å². The van der Waals surface area contributed by atoms with Gasteiger partial charge >= 0.3 is 0 Å². The van der Waals surface area contributed by atoms with Gasteiger partial charge in [0.2, 0.25) is 5.95 Å². The predicted octanol–water partition coefficient (Wildman–Crippen LogP) is 2.75. The Morgan fingerprint density at radius 2 is 2.03 bits per heavy atom. The van der Waals surface area contributed by atoms with E-state index in [1.165, 1.54) is 6.33 Å². The summed E-state index contributed by atoms with van der Waals surface area (Å²) in [6, 6.07) is 9.61. The molecule has 2 aromatic rings.